The lowest BCUT2D eigenvalue weighted by atomic mass is 10.1. The lowest BCUT2D eigenvalue weighted by molar-refractivity contribution is -0.344. The third kappa shape index (κ3) is 6.54. The first kappa shape index (κ1) is 24.9. The number of rotatable bonds is 10. The Morgan fingerprint density at radius 3 is 1.81 bits per heavy atom. The zero-order valence-electron chi connectivity index (χ0n) is 14.3. The molecule has 0 aromatic rings. The molecule has 0 spiro atoms. The summed E-state index contributed by atoms with van der Waals surface area (Å²) >= 11 is 0. The molecule has 0 aliphatic rings. The van der Waals surface area contributed by atoms with E-state index in [1.807, 2.05) is 0 Å². The summed E-state index contributed by atoms with van der Waals surface area (Å²) in [5, 5.41) is 1.01. The van der Waals surface area contributed by atoms with Gasteiger partial charge in [-0.05, 0) is 12.8 Å². The first-order chi connectivity index (χ1) is 12.2. The summed E-state index contributed by atoms with van der Waals surface area (Å²) in [5.74, 6) is -18.7. The molecular weight excluding hydrogens is 395 g/mol. The van der Waals surface area contributed by atoms with Crippen molar-refractivity contribution in [2.45, 2.75) is 57.2 Å². The van der Waals surface area contributed by atoms with E-state index in [-0.39, 0.29) is 19.6 Å². The molecule has 27 heavy (non-hydrogen) atoms. The number of alkyl halides is 7. The van der Waals surface area contributed by atoms with Gasteiger partial charge < -0.3 is 14.8 Å². The van der Waals surface area contributed by atoms with E-state index < -0.39 is 48.3 Å². The predicted octanol–water partition coefficient (Wildman–Crippen LogP) is 2.60. The molecule has 0 heterocycles. The van der Waals surface area contributed by atoms with Crippen LogP contribution in [0.5, 0.6) is 0 Å². The predicted molar refractivity (Wildman–Crippen MR) is 75.0 cm³/mol. The van der Waals surface area contributed by atoms with Crippen molar-refractivity contribution in [3.05, 3.63) is 0 Å². The summed E-state index contributed by atoms with van der Waals surface area (Å²) < 4.78 is 97.9. The molecule has 6 nitrogen and oxygen atoms in total. The number of halogens is 7. The highest BCUT2D eigenvalue weighted by molar-refractivity contribution is 5.91. The van der Waals surface area contributed by atoms with Crippen molar-refractivity contribution in [2.75, 3.05) is 13.2 Å². The van der Waals surface area contributed by atoms with Crippen LogP contribution in [-0.4, -0.2) is 55.1 Å². The van der Waals surface area contributed by atoms with E-state index in [1.165, 1.54) is 6.92 Å². The molecule has 1 atom stereocenters. The largest absolute Gasteiger partial charge is 0.466 e. The number of ether oxygens (including phenoxy) is 2. The van der Waals surface area contributed by atoms with Crippen molar-refractivity contribution >= 4 is 17.8 Å². The average molecular weight is 413 g/mol. The lowest BCUT2D eigenvalue weighted by Crippen LogP contribution is -2.61. The van der Waals surface area contributed by atoms with E-state index in [0.29, 0.717) is 6.42 Å². The van der Waals surface area contributed by atoms with Crippen molar-refractivity contribution in [1.29, 1.82) is 0 Å². The van der Waals surface area contributed by atoms with Gasteiger partial charge in [0.1, 0.15) is 6.04 Å². The summed E-state index contributed by atoms with van der Waals surface area (Å²) in [6.45, 7) is 2.73. The number of carbonyl (C=O) groups excluding carboxylic acids is 3. The van der Waals surface area contributed by atoms with E-state index in [9.17, 15) is 45.1 Å². The molecule has 0 aromatic heterocycles. The molecule has 13 heteroatoms. The number of hydrogen-bond acceptors (Lipinski definition) is 5. The Morgan fingerprint density at radius 1 is 0.889 bits per heavy atom. The molecule has 0 saturated heterocycles. The van der Waals surface area contributed by atoms with Crippen LogP contribution in [-0.2, 0) is 23.9 Å². The molecule has 1 amide bonds. The summed E-state index contributed by atoms with van der Waals surface area (Å²) in [4.78, 5) is 34.5. The van der Waals surface area contributed by atoms with Crippen LogP contribution in [0.1, 0.15) is 33.1 Å². The molecule has 0 radical (unpaired) electrons. The maximum Gasteiger partial charge on any atom is 0.460 e. The van der Waals surface area contributed by atoms with Crippen molar-refractivity contribution in [2.24, 2.45) is 0 Å². The monoisotopic (exact) mass is 413 g/mol. The highest BCUT2D eigenvalue weighted by Crippen LogP contribution is 2.46. The fourth-order valence-electron chi connectivity index (χ4n) is 1.51. The van der Waals surface area contributed by atoms with Crippen LogP contribution < -0.4 is 5.32 Å². The summed E-state index contributed by atoms with van der Waals surface area (Å²) in [7, 11) is 0. The Labute approximate surface area is 149 Å². The van der Waals surface area contributed by atoms with Crippen LogP contribution in [0.15, 0.2) is 0 Å². The molecule has 0 fully saturated rings. The van der Waals surface area contributed by atoms with Gasteiger partial charge in [0.05, 0.1) is 19.6 Å². The Morgan fingerprint density at radius 2 is 1.37 bits per heavy atom. The van der Waals surface area contributed by atoms with E-state index in [0.717, 1.165) is 5.32 Å². The van der Waals surface area contributed by atoms with Gasteiger partial charge in [-0.25, -0.2) is 4.79 Å². The van der Waals surface area contributed by atoms with Crippen LogP contribution in [0.25, 0.3) is 0 Å². The Kier molecular flexibility index (Phi) is 8.99. The van der Waals surface area contributed by atoms with E-state index in [4.69, 9.17) is 0 Å². The summed E-state index contributed by atoms with van der Waals surface area (Å²) in [5.41, 5.74) is 0. The number of carbonyl (C=O) groups is 3. The standard InChI is InChI=1S/C14H18F7NO5/c1-3-5-26-9(23)7-8(10(24)27-6-4-2)22-11(25)12(15,16)13(17,18)14(19,20)21/h8H,3-7H2,1-2H3,(H,22,25)/t8-/m0/s1. The fraction of sp³-hybridized carbons (Fsp3) is 0.786. The second-order valence-corrected chi connectivity index (χ2v) is 5.26. The smallest absolute Gasteiger partial charge is 0.460 e. The van der Waals surface area contributed by atoms with Gasteiger partial charge in [-0.1, -0.05) is 13.8 Å². The van der Waals surface area contributed by atoms with E-state index >= 15 is 0 Å². The van der Waals surface area contributed by atoms with Gasteiger partial charge in [0.15, 0.2) is 0 Å². The van der Waals surface area contributed by atoms with Gasteiger partial charge in [-0.3, -0.25) is 9.59 Å². The third-order valence-electron chi connectivity index (χ3n) is 2.91. The number of nitrogens with one attached hydrogen (secondary N) is 1. The Balaban J connectivity index is 5.42. The van der Waals surface area contributed by atoms with Crippen LogP contribution in [0.2, 0.25) is 0 Å². The quantitative estimate of drug-likeness (QED) is 0.440. The maximum atomic E-state index is 13.4. The van der Waals surface area contributed by atoms with Gasteiger partial charge >= 0.3 is 30.0 Å². The topological polar surface area (TPSA) is 81.7 Å². The zero-order chi connectivity index (χ0) is 21.5. The minimum Gasteiger partial charge on any atom is -0.466 e. The molecule has 0 bridgehead atoms. The van der Waals surface area contributed by atoms with Crippen LogP contribution in [0, 0.1) is 0 Å². The fourth-order valence-corrected chi connectivity index (χ4v) is 1.51. The van der Waals surface area contributed by atoms with Gasteiger partial charge in [-0.15, -0.1) is 0 Å². The highest BCUT2D eigenvalue weighted by atomic mass is 19.4. The van der Waals surface area contributed by atoms with Crippen LogP contribution in [0.3, 0.4) is 0 Å². The van der Waals surface area contributed by atoms with Crippen LogP contribution in [0.4, 0.5) is 30.7 Å². The van der Waals surface area contributed by atoms with Crippen molar-refractivity contribution in [3.8, 4) is 0 Å². The van der Waals surface area contributed by atoms with Gasteiger partial charge in [0.25, 0.3) is 5.91 Å². The second-order valence-electron chi connectivity index (χ2n) is 5.26. The summed E-state index contributed by atoms with van der Waals surface area (Å²) in [6.07, 6.45) is -7.23. The highest BCUT2D eigenvalue weighted by Gasteiger charge is 2.76. The third-order valence-corrected chi connectivity index (χ3v) is 2.91. The van der Waals surface area contributed by atoms with Crippen molar-refractivity contribution in [1.82, 2.24) is 5.32 Å². The summed E-state index contributed by atoms with van der Waals surface area (Å²) in [6, 6.07) is -2.23. The SMILES string of the molecule is CCCOC(=O)C[C@H](NC(=O)C(F)(F)C(F)(F)C(F)(F)F)C(=O)OCCC. The van der Waals surface area contributed by atoms with E-state index in [1.54, 1.807) is 6.92 Å². The Hall–Kier alpha value is -2.08. The van der Waals surface area contributed by atoms with E-state index in [2.05, 4.69) is 9.47 Å². The average Bonchev–Trinajstić information content (AvgIpc) is 2.55. The second kappa shape index (κ2) is 9.74. The minimum atomic E-state index is -6.73. The molecule has 0 aromatic carbocycles. The van der Waals surface area contributed by atoms with Crippen LogP contribution >= 0.6 is 0 Å². The number of hydrogen-bond donors (Lipinski definition) is 1. The zero-order valence-corrected chi connectivity index (χ0v) is 14.3. The molecule has 158 valence electrons. The number of esters is 2. The minimum absolute atomic E-state index is 0.133. The molecule has 0 rings (SSSR count). The Bertz CT molecular complexity index is 536. The molecule has 0 unspecified atom stereocenters. The van der Waals surface area contributed by atoms with Crippen molar-refractivity contribution < 1.29 is 54.6 Å². The molecule has 0 saturated carbocycles. The molecule has 1 N–H and O–H groups in total. The lowest BCUT2D eigenvalue weighted by Gasteiger charge is -2.28. The maximum absolute atomic E-state index is 13.4. The number of amides is 1. The van der Waals surface area contributed by atoms with Gasteiger partial charge in [0.2, 0.25) is 0 Å². The first-order valence-electron chi connectivity index (χ1n) is 7.67. The normalized spacial score (nSPS) is 13.7. The van der Waals surface area contributed by atoms with Gasteiger partial charge in [-0.2, -0.15) is 30.7 Å². The van der Waals surface area contributed by atoms with Gasteiger partial charge in [0, 0.05) is 0 Å². The van der Waals surface area contributed by atoms with Crippen molar-refractivity contribution in [3.63, 3.8) is 0 Å². The molecular formula is C14H18F7NO5. The molecule has 0 aliphatic carbocycles. The molecule has 0 aliphatic heterocycles. The first-order valence-corrected chi connectivity index (χ1v) is 7.67.